The summed E-state index contributed by atoms with van der Waals surface area (Å²) in [4.78, 5) is 12.7. The SMILES string of the molecule is O=C(Nc1cccc(C(F)(F)F)c1)/C(=C/c1ccco1)c1ccccc1. The lowest BCUT2D eigenvalue weighted by molar-refractivity contribution is -0.137. The van der Waals surface area contributed by atoms with E-state index in [1.807, 2.05) is 0 Å². The number of amides is 1. The van der Waals surface area contributed by atoms with Gasteiger partial charge in [0.15, 0.2) is 0 Å². The Morgan fingerprint density at radius 3 is 2.38 bits per heavy atom. The molecule has 0 saturated heterocycles. The Hall–Kier alpha value is -3.28. The van der Waals surface area contributed by atoms with E-state index in [1.165, 1.54) is 24.5 Å². The van der Waals surface area contributed by atoms with Crippen molar-refractivity contribution in [2.45, 2.75) is 6.18 Å². The van der Waals surface area contributed by atoms with Gasteiger partial charge >= 0.3 is 6.18 Å². The summed E-state index contributed by atoms with van der Waals surface area (Å²) in [5.74, 6) is -0.0741. The topological polar surface area (TPSA) is 42.2 Å². The van der Waals surface area contributed by atoms with E-state index in [2.05, 4.69) is 5.32 Å². The molecule has 1 N–H and O–H groups in total. The van der Waals surface area contributed by atoms with Crippen LogP contribution in [0.2, 0.25) is 0 Å². The molecule has 3 nitrogen and oxygen atoms in total. The van der Waals surface area contributed by atoms with Gasteiger partial charge in [-0.1, -0.05) is 36.4 Å². The van der Waals surface area contributed by atoms with Gasteiger partial charge in [-0.2, -0.15) is 13.2 Å². The molecule has 0 aliphatic carbocycles. The van der Waals surface area contributed by atoms with Crippen molar-refractivity contribution in [1.29, 1.82) is 0 Å². The first-order valence-electron chi connectivity index (χ1n) is 7.73. The van der Waals surface area contributed by atoms with Crippen molar-refractivity contribution in [1.82, 2.24) is 0 Å². The molecule has 6 heteroatoms. The first kappa shape index (κ1) is 17.5. The van der Waals surface area contributed by atoms with Gasteiger partial charge in [0.05, 0.1) is 17.4 Å². The number of halogens is 3. The second-order valence-electron chi connectivity index (χ2n) is 5.47. The zero-order chi connectivity index (χ0) is 18.6. The lowest BCUT2D eigenvalue weighted by Gasteiger charge is -2.12. The van der Waals surface area contributed by atoms with Crippen LogP contribution in [0.4, 0.5) is 18.9 Å². The van der Waals surface area contributed by atoms with Gasteiger partial charge in [-0.3, -0.25) is 4.79 Å². The van der Waals surface area contributed by atoms with E-state index in [1.54, 1.807) is 42.5 Å². The van der Waals surface area contributed by atoms with Crippen LogP contribution in [0.5, 0.6) is 0 Å². The second-order valence-corrected chi connectivity index (χ2v) is 5.47. The maximum Gasteiger partial charge on any atom is 0.416 e. The van der Waals surface area contributed by atoms with Crippen LogP contribution < -0.4 is 5.32 Å². The third-order valence-electron chi connectivity index (χ3n) is 3.61. The average molecular weight is 357 g/mol. The summed E-state index contributed by atoms with van der Waals surface area (Å²) in [7, 11) is 0. The van der Waals surface area contributed by atoms with Crippen molar-refractivity contribution < 1.29 is 22.4 Å². The maximum absolute atomic E-state index is 12.8. The summed E-state index contributed by atoms with van der Waals surface area (Å²) in [6.07, 6.45) is -1.47. The van der Waals surface area contributed by atoms with Gasteiger partial charge in [0.25, 0.3) is 5.91 Å². The van der Waals surface area contributed by atoms with Gasteiger partial charge in [0.1, 0.15) is 5.76 Å². The summed E-state index contributed by atoms with van der Waals surface area (Å²) in [5, 5.41) is 2.52. The molecule has 0 bridgehead atoms. The number of rotatable bonds is 4. The molecule has 1 amide bonds. The third kappa shape index (κ3) is 4.22. The van der Waals surface area contributed by atoms with Crippen LogP contribution in [-0.2, 0) is 11.0 Å². The summed E-state index contributed by atoms with van der Waals surface area (Å²) >= 11 is 0. The number of hydrogen-bond acceptors (Lipinski definition) is 2. The molecule has 0 fully saturated rings. The van der Waals surface area contributed by atoms with Crippen LogP contribution in [0.25, 0.3) is 11.6 Å². The van der Waals surface area contributed by atoms with Crippen molar-refractivity contribution in [3.63, 3.8) is 0 Å². The van der Waals surface area contributed by atoms with E-state index in [9.17, 15) is 18.0 Å². The molecule has 1 heterocycles. The molecule has 0 radical (unpaired) electrons. The average Bonchev–Trinajstić information content (AvgIpc) is 3.13. The lowest BCUT2D eigenvalue weighted by Crippen LogP contribution is -2.14. The molecule has 0 unspecified atom stereocenters. The highest BCUT2D eigenvalue weighted by Gasteiger charge is 2.30. The summed E-state index contributed by atoms with van der Waals surface area (Å²) < 4.78 is 43.8. The van der Waals surface area contributed by atoms with Gasteiger partial charge in [-0.05, 0) is 42.0 Å². The number of anilines is 1. The Morgan fingerprint density at radius 2 is 1.73 bits per heavy atom. The van der Waals surface area contributed by atoms with E-state index in [-0.39, 0.29) is 11.3 Å². The van der Waals surface area contributed by atoms with E-state index in [0.717, 1.165) is 12.1 Å². The molecule has 132 valence electrons. The molecule has 0 aliphatic heterocycles. The second kappa shape index (κ2) is 7.31. The lowest BCUT2D eigenvalue weighted by atomic mass is 10.0. The summed E-state index contributed by atoms with van der Waals surface area (Å²) in [6.45, 7) is 0. The van der Waals surface area contributed by atoms with E-state index < -0.39 is 17.6 Å². The largest absolute Gasteiger partial charge is 0.465 e. The highest BCUT2D eigenvalue weighted by molar-refractivity contribution is 6.29. The normalized spacial score (nSPS) is 12.0. The van der Waals surface area contributed by atoms with Crippen LogP contribution in [0.1, 0.15) is 16.9 Å². The van der Waals surface area contributed by atoms with Crippen LogP contribution in [-0.4, -0.2) is 5.91 Å². The fourth-order valence-electron chi connectivity index (χ4n) is 2.39. The predicted octanol–water partition coefficient (Wildman–Crippen LogP) is 5.48. The van der Waals surface area contributed by atoms with Crippen LogP contribution in [0.3, 0.4) is 0 Å². The zero-order valence-corrected chi connectivity index (χ0v) is 13.5. The molecule has 26 heavy (non-hydrogen) atoms. The van der Waals surface area contributed by atoms with E-state index in [4.69, 9.17) is 4.42 Å². The van der Waals surface area contributed by atoms with Crippen molar-refractivity contribution in [3.05, 3.63) is 89.9 Å². The number of hydrogen-bond donors (Lipinski definition) is 1. The standard InChI is InChI=1S/C20H14F3NO2/c21-20(22,23)15-8-4-9-16(12-15)24-19(25)18(13-17-10-5-11-26-17)14-6-2-1-3-7-14/h1-13H,(H,24,25)/b18-13+. The fourth-order valence-corrected chi connectivity index (χ4v) is 2.39. The maximum atomic E-state index is 12.8. The number of carbonyl (C=O) groups excluding carboxylic acids is 1. The summed E-state index contributed by atoms with van der Waals surface area (Å²) in [5.41, 5.74) is 0.129. The highest BCUT2D eigenvalue weighted by Crippen LogP contribution is 2.31. The van der Waals surface area contributed by atoms with Crippen LogP contribution in [0, 0.1) is 0 Å². The van der Waals surface area contributed by atoms with E-state index >= 15 is 0 Å². The van der Waals surface area contributed by atoms with Gasteiger partial charge in [0, 0.05) is 5.69 Å². The van der Waals surface area contributed by atoms with Gasteiger partial charge in [-0.15, -0.1) is 0 Å². The minimum Gasteiger partial charge on any atom is -0.465 e. The van der Waals surface area contributed by atoms with Crippen molar-refractivity contribution >= 4 is 23.2 Å². The quantitative estimate of drug-likeness (QED) is 0.629. The first-order chi connectivity index (χ1) is 12.4. The first-order valence-corrected chi connectivity index (χ1v) is 7.73. The number of alkyl halides is 3. The van der Waals surface area contributed by atoms with Crippen molar-refractivity contribution in [2.24, 2.45) is 0 Å². The zero-order valence-electron chi connectivity index (χ0n) is 13.5. The number of nitrogens with one attached hydrogen (secondary N) is 1. The van der Waals surface area contributed by atoms with Gasteiger partial charge in [0.2, 0.25) is 0 Å². The summed E-state index contributed by atoms with van der Waals surface area (Å²) in [6, 6.07) is 16.7. The fraction of sp³-hybridized carbons (Fsp3) is 0.0500. The molecule has 3 aromatic rings. The minimum atomic E-state index is -4.48. The third-order valence-corrected chi connectivity index (χ3v) is 3.61. The molecule has 3 rings (SSSR count). The number of benzene rings is 2. The highest BCUT2D eigenvalue weighted by atomic mass is 19.4. The molecule has 1 aromatic heterocycles. The predicted molar refractivity (Wildman–Crippen MR) is 93.1 cm³/mol. The van der Waals surface area contributed by atoms with Crippen molar-refractivity contribution in [2.75, 3.05) is 5.32 Å². The Kier molecular flexibility index (Phi) is 4.93. The Bertz CT molecular complexity index is 914. The molecule has 2 aromatic carbocycles. The van der Waals surface area contributed by atoms with Crippen LogP contribution in [0.15, 0.2) is 77.4 Å². The molecule has 0 atom stereocenters. The Labute approximate surface area is 147 Å². The number of carbonyl (C=O) groups is 1. The van der Waals surface area contributed by atoms with Crippen molar-refractivity contribution in [3.8, 4) is 0 Å². The van der Waals surface area contributed by atoms with Crippen LogP contribution >= 0.6 is 0 Å². The van der Waals surface area contributed by atoms with Gasteiger partial charge in [-0.25, -0.2) is 0 Å². The monoisotopic (exact) mass is 357 g/mol. The Morgan fingerprint density at radius 1 is 0.962 bits per heavy atom. The van der Waals surface area contributed by atoms with Gasteiger partial charge < -0.3 is 9.73 Å². The minimum absolute atomic E-state index is 0.0612. The smallest absolute Gasteiger partial charge is 0.416 e. The number of furan rings is 1. The molecule has 0 saturated carbocycles. The van der Waals surface area contributed by atoms with E-state index in [0.29, 0.717) is 11.3 Å². The molecule has 0 aliphatic rings. The molecule has 0 spiro atoms. The molecular weight excluding hydrogens is 343 g/mol. The molecular formula is C20H14F3NO2. The Balaban J connectivity index is 1.92.